The van der Waals surface area contributed by atoms with Gasteiger partial charge in [0.2, 0.25) is 11.6 Å². The highest BCUT2D eigenvalue weighted by Gasteiger charge is 2.40. The van der Waals surface area contributed by atoms with Crippen molar-refractivity contribution in [2.75, 3.05) is 0 Å². The van der Waals surface area contributed by atoms with Gasteiger partial charge in [0.25, 0.3) is 0 Å². The van der Waals surface area contributed by atoms with Gasteiger partial charge in [0.05, 0.1) is 6.10 Å². The van der Waals surface area contributed by atoms with Crippen LogP contribution in [0, 0.1) is 11.1 Å². The molecule has 0 saturated carbocycles. The van der Waals surface area contributed by atoms with E-state index in [1.807, 2.05) is 0 Å². The predicted molar refractivity (Wildman–Crippen MR) is 65.5 cm³/mol. The molecule has 2 aliphatic rings. The minimum Gasteiger partial charge on any atom is -0.617 e. The van der Waals surface area contributed by atoms with Crippen molar-refractivity contribution in [3.63, 3.8) is 0 Å². The van der Waals surface area contributed by atoms with Gasteiger partial charge >= 0.3 is 5.17 Å². The van der Waals surface area contributed by atoms with Crippen molar-refractivity contribution >= 4 is 22.7 Å². The summed E-state index contributed by atoms with van der Waals surface area (Å²) in [5.41, 5.74) is 0.723. The van der Waals surface area contributed by atoms with Crippen molar-refractivity contribution in [1.82, 2.24) is 4.57 Å². The molecule has 0 amide bonds. The summed E-state index contributed by atoms with van der Waals surface area (Å²) < 4.78 is 1.96. The van der Waals surface area contributed by atoms with E-state index in [4.69, 9.17) is 11.6 Å². The fourth-order valence-corrected chi connectivity index (χ4v) is 2.72. The Morgan fingerprint density at radius 3 is 3.11 bits per heavy atom. The van der Waals surface area contributed by atoms with E-state index in [-0.39, 0.29) is 17.5 Å². The summed E-state index contributed by atoms with van der Waals surface area (Å²) >= 11 is 6.02. The number of hydrogen-bond acceptors (Lipinski definition) is 3. The van der Waals surface area contributed by atoms with Gasteiger partial charge in [-0.3, -0.25) is 9.36 Å². The van der Waals surface area contributed by atoms with Crippen LogP contribution in [0.2, 0.25) is 0 Å². The highest BCUT2D eigenvalue weighted by Crippen LogP contribution is 2.31. The number of allylic oxidation sites excluding steroid dienone is 1. The predicted octanol–water partition coefficient (Wildman–Crippen LogP) is 1.29. The number of aromatic nitrogens is 1. The molecule has 2 heterocycles. The lowest BCUT2D eigenvalue weighted by Gasteiger charge is -2.22. The molecule has 5 nitrogen and oxygen atoms in total. The van der Waals surface area contributed by atoms with E-state index in [0.717, 1.165) is 0 Å². The lowest BCUT2D eigenvalue weighted by atomic mass is 9.89. The number of carbonyl (C=O) groups is 1. The first kappa shape index (κ1) is 11.5. The fraction of sp³-hybridized carbons (Fsp3) is 0.333. The van der Waals surface area contributed by atoms with Crippen molar-refractivity contribution in [2.24, 2.45) is 5.92 Å². The summed E-state index contributed by atoms with van der Waals surface area (Å²) in [5, 5.41) is 21.8. The monoisotopic (exact) mass is 266 g/mol. The van der Waals surface area contributed by atoms with Gasteiger partial charge in [0, 0.05) is 6.20 Å². The summed E-state index contributed by atoms with van der Waals surface area (Å²) in [4.78, 5) is 12.3. The van der Waals surface area contributed by atoms with Crippen LogP contribution in [0.4, 0.5) is 0 Å². The number of aliphatic hydroxyl groups excluding tert-OH is 1. The number of fused-ring (bicyclic) bond motifs is 2. The molecular weight excluding hydrogens is 256 g/mol. The minimum absolute atomic E-state index is 0.0153. The van der Waals surface area contributed by atoms with Crippen molar-refractivity contribution < 1.29 is 14.6 Å². The Kier molecular flexibility index (Phi) is 2.53. The van der Waals surface area contributed by atoms with Crippen LogP contribution in [-0.2, 0) is 0 Å². The lowest BCUT2D eigenvalue weighted by Crippen LogP contribution is -2.31. The number of halogens is 1. The molecule has 0 unspecified atom stereocenters. The van der Waals surface area contributed by atoms with Gasteiger partial charge in [0.15, 0.2) is 0 Å². The van der Waals surface area contributed by atoms with E-state index in [1.165, 1.54) is 4.57 Å². The average molecular weight is 267 g/mol. The third kappa shape index (κ3) is 1.51. The molecule has 1 N–H and O–H groups in total. The highest BCUT2D eigenvalue weighted by molar-refractivity contribution is 6.68. The molecule has 1 aromatic heterocycles. The molecule has 0 saturated heterocycles. The Labute approximate surface area is 108 Å². The summed E-state index contributed by atoms with van der Waals surface area (Å²) in [6.45, 7) is 0. The summed E-state index contributed by atoms with van der Waals surface area (Å²) in [6.07, 6.45) is 3.21. The largest absolute Gasteiger partial charge is 0.617 e. The summed E-state index contributed by atoms with van der Waals surface area (Å²) in [6, 6.07) is 3.29. The molecule has 2 atom stereocenters. The zero-order valence-corrected chi connectivity index (χ0v) is 10.2. The van der Waals surface area contributed by atoms with Crippen molar-refractivity contribution in [3.05, 3.63) is 41.0 Å². The first-order chi connectivity index (χ1) is 8.59. The first-order valence-electron chi connectivity index (χ1n) is 5.69. The Bertz CT molecular complexity index is 588. The number of carbonyl (C=O) groups excluding carboxylic acids is 1. The molecule has 1 aromatic rings. The molecule has 3 rings (SSSR count). The van der Waals surface area contributed by atoms with Crippen LogP contribution in [-0.4, -0.2) is 31.6 Å². The molecule has 0 aromatic carbocycles. The zero-order chi connectivity index (χ0) is 12.9. The molecule has 0 spiro atoms. The molecule has 1 aliphatic heterocycles. The van der Waals surface area contributed by atoms with Crippen LogP contribution in [0.15, 0.2) is 30.1 Å². The second-order valence-electron chi connectivity index (χ2n) is 4.49. The van der Waals surface area contributed by atoms with Crippen LogP contribution in [0.25, 0.3) is 0 Å². The molecule has 0 fully saturated rings. The third-order valence-electron chi connectivity index (χ3n) is 3.37. The molecule has 0 radical (unpaired) electrons. The molecule has 1 aliphatic carbocycles. The van der Waals surface area contributed by atoms with E-state index in [0.29, 0.717) is 22.6 Å². The second-order valence-corrected chi connectivity index (χ2v) is 4.85. The molecule has 94 valence electrons. The zero-order valence-electron chi connectivity index (χ0n) is 9.41. The van der Waals surface area contributed by atoms with Gasteiger partial charge in [-0.25, -0.2) is 0 Å². The van der Waals surface area contributed by atoms with Gasteiger partial charge in [-0.2, -0.15) is 4.74 Å². The van der Waals surface area contributed by atoms with Crippen LogP contribution in [0.5, 0.6) is 0 Å². The standard InChI is InChI=1S/C12H11ClN2O3/c13-11-10-2-1-5-14(10)12(17)8-6-7(16)3-4-9(8)15(11)18/h1-2,4-5,7-8,16H,3,6H2/t7-,8+/m1/s1. The Hall–Kier alpha value is -1.59. The summed E-state index contributed by atoms with van der Waals surface area (Å²) in [5.74, 6) is -0.856. The normalized spacial score (nSPS) is 27.4. The SMILES string of the molecule is O=C1[C@H]2C[C@H](O)CC=C2[N+]([O-])=C(Cl)c2cccn21. The maximum Gasteiger partial charge on any atom is 0.311 e. The molecular formula is C12H11ClN2O3. The molecule has 0 bridgehead atoms. The highest BCUT2D eigenvalue weighted by atomic mass is 35.5. The third-order valence-corrected chi connectivity index (χ3v) is 3.72. The van der Waals surface area contributed by atoms with Crippen LogP contribution in [0.1, 0.15) is 23.3 Å². The van der Waals surface area contributed by atoms with E-state index in [1.54, 1.807) is 24.4 Å². The number of hydroxylamine groups is 1. The van der Waals surface area contributed by atoms with Gasteiger partial charge < -0.3 is 10.3 Å². The van der Waals surface area contributed by atoms with Crippen molar-refractivity contribution in [1.29, 1.82) is 0 Å². The number of hydrogen-bond donors (Lipinski definition) is 1. The topological polar surface area (TPSA) is 68.3 Å². The van der Waals surface area contributed by atoms with Crippen LogP contribution < -0.4 is 0 Å². The van der Waals surface area contributed by atoms with Crippen molar-refractivity contribution in [2.45, 2.75) is 18.9 Å². The average Bonchev–Trinajstić information content (AvgIpc) is 2.82. The van der Waals surface area contributed by atoms with Gasteiger partial charge in [-0.1, -0.05) is 0 Å². The Morgan fingerprint density at radius 2 is 2.33 bits per heavy atom. The number of nitrogens with zero attached hydrogens (tertiary/aromatic N) is 2. The summed E-state index contributed by atoms with van der Waals surface area (Å²) in [7, 11) is 0. The molecule has 6 heteroatoms. The Balaban J connectivity index is 2.22. The maximum atomic E-state index is 12.3. The fourth-order valence-electron chi connectivity index (χ4n) is 2.47. The van der Waals surface area contributed by atoms with E-state index >= 15 is 0 Å². The minimum atomic E-state index is -0.631. The Morgan fingerprint density at radius 1 is 1.56 bits per heavy atom. The van der Waals surface area contributed by atoms with Crippen LogP contribution in [0.3, 0.4) is 0 Å². The number of aliphatic hydroxyl groups is 1. The lowest BCUT2D eigenvalue weighted by molar-refractivity contribution is -0.406. The van der Waals surface area contributed by atoms with Crippen LogP contribution >= 0.6 is 11.6 Å². The number of rotatable bonds is 0. The maximum absolute atomic E-state index is 12.3. The van der Waals surface area contributed by atoms with E-state index < -0.39 is 12.0 Å². The smallest absolute Gasteiger partial charge is 0.311 e. The van der Waals surface area contributed by atoms with E-state index in [9.17, 15) is 15.1 Å². The van der Waals surface area contributed by atoms with Crippen molar-refractivity contribution in [3.8, 4) is 0 Å². The first-order valence-corrected chi connectivity index (χ1v) is 6.07. The van der Waals surface area contributed by atoms with Gasteiger partial charge in [-0.05, 0) is 42.7 Å². The van der Waals surface area contributed by atoms with Gasteiger partial charge in [-0.15, -0.1) is 0 Å². The van der Waals surface area contributed by atoms with E-state index in [2.05, 4.69) is 0 Å². The molecule has 18 heavy (non-hydrogen) atoms. The second kappa shape index (κ2) is 3.96. The quantitative estimate of drug-likeness (QED) is 0.568. The van der Waals surface area contributed by atoms with Gasteiger partial charge in [0.1, 0.15) is 11.6 Å².